The maximum atomic E-state index is 8.08. The zero-order valence-corrected chi connectivity index (χ0v) is 11.8. The largest absolute Gasteiger partial charge is 0.328 e. The van der Waals surface area contributed by atoms with Gasteiger partial charge in [0.15, 0.2) is 0 Å². The highest BCUT2D eigenvalue weighted by atomic mass is 31.2. The van der Waals surface area contributed by atoms with Crippen molar-refractivity contribution in [2.24, 2.45) is 0 Å². The van der Waals surface area contributed by atoms with Gasteiger partial charge >= 0.3 is 8.60 Å². The van der Waals surface area contributed by atoms with E-state index in [-0.39, 0.29) is 0 Å². The third-order valence-electron chi connectivity index (χ3n) is 2.29. The lowest BCUT2D eigenvalue weighted by atomic mass is 10.1. The highest BCUT2D eigenvalue weighted by Gasteiger charge is 1.93. The fourth-order valence-electron chi connectivity index (χ4n) is 1.43. The van der Waals surface area contributed by atoms with Gasteiger partial charge in [-0.1, -0.05) is 67.6 Å². The lowest BCUT2D eigenvalue weighted by Crippen LogP contribution is -1.83. The number of hydrogen-bond donors (Lipinski definition) is 2. The molecule has 0 saturated heterocycles. The molecule has 0 aliphatic heterocycles. The van der Waals surface area contributed by atoms with Crippen LogP contribution < -0.4 is 0 Å². The van der Waals surface area contributed by atoms with E-state index >= 15 is 0 Å². The molecule has 0 spiro atoms. The van der Waals surface area contributed by atoms with Crippen molar-refractivity contribution in [3.05, 3.63) is 60.7 Å². The second-order valence-electron chi connectivity index (χ2n) is 3.82. The van der Waals surface area contributed by atoms with Gasteiger partial charge in [-0.15, -0.1) is 0 Å². The topological polar surface area (TPSA) is 49.7 Å². The lowest BCUT2D eigenvalue weighted by molar-refractivity contribution is 0.255. The van der Waals surface area contributed by atoms with Gasteiger partial charge in [-0.2, -0.15) is 0 Å². The van der Waals surface area contributed by atoms with E-state index in [1.165, 1.54) is 11.1 Å². The molecular weight excluding hydrogens is 259 g/mol. The molecule has 3 nitrogen and oxygen atoms in total. The average Bonchev–Trinajstić information content (AvgIpc) is 2.47. The predicted octanol–water partition coefficient (Wildman–Crippen LogP) is 3.98. The Morgan fingerprint density at radius 2 is 1.26 bits per heavy atom. The second-order valence-corrected chi connectivity index (χ2v) is 4.58. The molecule has 0 amide bonds. The van der Waals surface area contributed by atoms with Crippen LogP contribution in [0.3, 0.4) is 0 Å². The van der Waals surface area contributed by atoms with Gasteiger partial charge in [-0.3, -0.25) is 0 Å². The van der Waals surface area contributed by atoms with Crippen LogP contribution in [0.15, 0.2) is 60.7 Å². The SMILES string of the molecule is CCCOP(O)O.c1ccc(-c2ccccc2)cc1. The molecule has 0 aliphatic carbocycles. The predicted molar refractivity (Wildman–Crippen MR) is 79.5 cm³/mol. The molecule has 0 atom stereocenters. The van der Waals surface area contributed by atoms with Crippen LogP contribution in [0.1, 0.15) is 13.3 Å². The smallest absolute Gasteiger partial charge is 0.327 e. The molecule has 102 valence electrons. The van der Waals surface area contributed by atoms with Crippen LogP contribution in [-0.4, -0.2) is 16.4 Å². The van der Waals surface area contributed by atoms with E-state index in [2.05, 4.69) is 53.1 Å². The van der Waals surface area contributed by atoms with Gasteiger partial charge in [0.1, 0.15) is 0 Å². The average molecular weight is 278 g/mol. The summed E-state index contributed by atoms with van der Waals surface area (Å²) in [4.78, 5) is 16.2. The van der Waals surface area contributed by atoms with E-state index in [0.717, 1.165) is 6.42 Å². The number of benzene rings is 2. The van der Waals surface area contributed by atoms with Crippen molar-refractivity contribution < 1.29 is 14.3 Å². The summed E-state index contributed by atoms with van der Waals surface area (Å²) in [6, 6.07) is 20.8. The molecule has 0 saturated carbocycles. The summed E-state index contributed by atoms with van der Waals surface area (Å²) < 4.78 is 4.37. The van der Waals surface area contributed by atoms with Crippen molar-refractivity contribution in [1.82, 2.24) is 0 Å². The number of hydrogen-bond acceptors (Lipinski definition) is 3. The van der Waals surface area contributed by atoms with E-state index in [0.29, 0.717) is 6.61 Å². The third-order valence-corrected chi connectivity index (χ3v) is 2.71. The standard InChI is InChI=1S/C12H10.C3H9O3P/c1-3-7-11(8-4-1)12-9-5-2-6-10-12;1-2-3-6-7(4)5/h1-10H;4-5H,2-3H2,1H3. The van der Waals surface area contributed by atoms with Crippen molar-refractivity contribution in [3.63, 3.8) is 0 Å². The van der Waals surface area contributed by atoms with Crippen molar-refractivity contribution >= 4 is 8.60 Å². The minimum Gasteiger partial charge on any atom is -0.328 e. The monoisotopic (exact) mass is 278 g/mol. The van der Waals surface area contributed by atoms with Crippen molar-refractivity contribution in [2.45, 2.75) is 13.3 Å². The fraction of sp³-hybridized carbons (Fsp3) is 0.200. The Balaban J connectivity index is 0.000000224. The fourth-order valence-corrected chi connectivity index (χ4v) is 1.78. The molecule has 0 heterocycles. The molecule has 2 aromatic rings. The van der Waals surface area contributed by atoms with E-state index < -0.39 is 8.60 Å². The maximum Gasteiger partial charge on any atom is 0.327 e. The molecule has 0 fully saturated rings. The van der Waals surface area contributed by atoms with Crippen LogP contribution in [0.4, 0.5) is 0 Å². The van der Waals surface area contributed by atoms with Gasteiger partial charge in [0.2, 0.25) is 0 Å². The molecule has 0 aromatic heterocycles. The Labute approximate surface area is 115 Å². The Morgan fingerprint density at radius 1 is 0.842 bits per heavy atom. The first-order chi connectivity index (χ1) is 9.24. The van der Waals surface area contributed by atoms with Crippen LogP contribution in [0.25, 0.3) is 11.1 Å². The third kappa shape index (κ3) is 7.04. The van der Waals surface area contributed by atoms with E-state index in [4.69, 9.17) is 9.79 Å². The quantitative estimate of drug-likeness (QED) is 0.832. The van der Waals surface area contributed by atoms with E-state index in [1.807, 2.05) is 19.1 Å². The summed E-state index contributed by atoms with van der Waals surface area (Å²) in [7, 11) is -2.11. The Kier molecular flexibility index (Phi) is 8.03. The molecule has 19 heavy (non-hydrogen) atoms. The Hall–Kier alpha value is -1.25. The van der Waals surface area contributed by atoms with Crippen molar-refractivity contribution in [2.75, 3.05) is 6.61 Å². The molecule has 0 radical (unpaired) electrons. The maximum absolute atomic E-state index is 8.08. The van der Waals surface area contributed by atoms with Crippen LogP contribution in [0, 0.1) is 0 Å². The first kappa shape index (κ1) is 15.8. The minimum absolute atomic E-state index is 0.429. The van der Waals surface area contributed by atoms with Crippen molar-refractivity contribution in [1.29, 1.82) is 0 Å². The van der Waals surface area contributed by atoms with Gasteiger partial charge in [0, 0.05) is 0 Å². The van der Waals surface area contributed by atoms with Gasteiger partial charge in [-0.05, 0) is 17.5 Å². The van der Waals surface area contributed by atoms with Gasteiger partial charge in [-0.25, -0.2) is 0 Å². The zero-order valence-electron chi connectivity index (χ0n) is 10.9. The normalized spacial score (nSPS) is 9.89. The van der Waals surface area contributed by atoms with Gasteiger partial charge in [0.25, 0.3) is 0 Å². The van der Waals surface area contributed by atoms with Crippen LogP contribution in [-0.2, 0) is 4.52 Å². The Bertz CT molecular complexity index is 394. The summed E-state index contributed by atoms with van der Waals surface area (Å²) >= 11 is 0. The number of rotatable bonds is 4. The van der Waals surface area contributed by atoms with E-state index in [9.17, 15) is 0 Å². The van der Waals surface area contributed by atoms with Crippen LogP contribution >= 0.6 is 8.60 Å². The van der Waals surface area contributed by atoms with Crippen LogP contribution in [0.2, 0.25) is 0 Å². The first-order valence-corrected chi connectivity index (χ1v) is 7.31. The highest BCUT2D eigenvalue weighted by Crippen LogP contribution is 2.23. The van der Waals surface area contributed by atoms with Gasteiger partial charge in [0.05, 0.1) is 6.61 Å². The highest BCUT2D eigenvalue weighted by molar-refractivity contribution is 7.39. The zero-order chi connectivity index (χ0) is 13.9. The molecule has 2 aromatic carbocycles. The second kappa shape index (κ2) is 9.65. The summed E-state index contributed by atoms with van der Waals surface area (Å²) in [6.45, 7) is 2.33. The summed E-state index contributed by atoms with van der Waals surface area (Å²) in [6.07, 6.45) is 0.819. The summed E-state index contributed by atoms with van der Waals surface area (Å²) in [5.74, 6) is 0. The summed E-state index contributed by atoms with van der Waals surface area (Å²) in [5.41, 5.74) is 2.55. The van der Waals surface area contributed by atoms with Crippen molar-refractivity contribution in [3.8, 4) is 11.1 Å². The molecule has 2 N–H and O–H groups in total. The minimum atomic E-state index is -2.11. The van der Waals surface area contributed by atoms with Crippen LogP contribution in [0.5, 0.6) is 0 Å². The molecule has 0 aliphatic rings. The molecule has 4 heteroatoms. The molecule has 0 unspecified atom stereocenters. The Morgan fingerprint density at radius 3 is 1.53 bits per heavy atom. The molecule has 2 rings (SSSR count). The summed E-state index contributed by atoms with van der Waals surface area (Å²) in [5, 5.41) is 0. The van der Waals surface area contributed by atoms with Gasteiger partial charge < -0.3 is 14.3 Å². The molecular formula is C15H19O3P. The first-order valence-electron chi connectivity index (χ1n) is 6.15. The lowest BCUT2D eigenvalue weighted by Gasteiger charge is -1.98. The van der Waals surface area contributed by atoms with E-state index in [1.54, 1.807) is 0 Å². The molecule has 0 bridgehead atoms.